The molecule has 0 aromatic heterocycles. The van der Waals surface area contributed by atoms with E-state index < -0.39 is 5.41 Å². The van der Waals surface area contributed by atoms with Gasteiger partial charge >= 0.3 is 12.0 Å². The Labute approximate surface area is 172 Å². The van der Waals surface area contributed by atoms with Gasteiger partial charge in [0.2, 0.25) is 0 Å². The van der Waals surface area contributed by atoms with Crippen molar-refractivity contribution in [3.63, 3.8) is 0 Å². The summed E-state index contributed by atoms with van der Waals surface area (Å²) in [5.74, 6) is 0.592. The minimum Gasteiger partial charge on any atom is -0.497 e. The lowest BCUT2D eigenvalue weighted by atomic mass is 9.73. The van der Waals surface area contributed by atoms with Crippen molar-refractivity contribution in [3.8, 4) is 5.75 Å². The van der Waals surface area contributed by atoms with Crippen molar-refractivity contribution in [1.82, 2.24) is 4.90 Å². The second kappa shape index (κ2) is 9.96. The van der Waals surface area contributed by atoms with Crippen molar-refractivity contribution in [2.45, 2.75) is 51.6 Å². The highest BCUT2D eigenvalue weighted by atomic mass is 16.5. The first kappa shape index (κ1) is 21.4. The summed E-state index contributed by atoms with van der Waals surface area (Å²) in [7, 11) is 1.61. The SMILES string of the molecule is CCOC(=O)C1(C[C@H]2CCCCO2)CCN(C(=O)Nc2ccc(OC)cc2)CC1. The number of esters is 1. The molecule has 1 atom stereocenters. The standard InChI is InChI=1S/C22H32N2O5/c1-3-28-20(25)22(16-19-6-4-5-15-29-19)11-13-24(14-12-22)21(26)23-17-7-9-18(27-2)10-8-17/h7-10,19H,3-6,11-16H2,1-2H3,(H,23,26)/t19-/m1/s1. The zero-order valence-electron chi connectivity index (χ0n) is 17.4. The molecule has 2 aliphatic heterocycles. The van der Waals surface area contributed by atoms with Crippen LogP contribution in [0.5, 0.6) is 5.75 Å². The molecule has 0 saturated carbocycles. The summed E-state index contributed by atoms with van der Waals surface area (Å²) in [4.78, 5) is 27.2. The van der Waals surface area contributed by atoms with E-state index in [2.05, 4.69) is 5.32 Å². The van der Waals surface area contributed by atoms with Crippen LogP contribution in [0.2, 0.25) is 0 Å². The van der Waals surface area contributed by atoms with Gasteiger partial charge < -0.3 is 24.4 Å². The summed E-state index contributed by atoms with van der Waals surface area (Å²) in [6, 6.07) is 7.08. The highest BCUT2D eigenvalue weighted by Gasteiger charge is 2.45. The number of urea groups is 1. The summed E-state index contributed by atoms with van der Waals surface area (Å²) < 4.78 is 16.5. The third kappa shape index (κ3) is 5.41. The first-order chi connectivity index (χ1) is 14.1. The van der Waals surface area contributed by atoms with Crippen LogP contribution >= 0.6 is 0 Å². The van der Waals surface area contributed by atoms with Crippen molar-refractivity contribution >= 4 is 17.7 Å². The van der Waals surface area contributed by atoms with E-state index in [-0.39, 0.29) is 18.1 Å². The second-order valence-electron chi connectivity index (χ2n) is 7.84. The van der Waals surface area contributed by atoms with Gasteiger partial charge in [-0.25, -0.2) is 4.79 Å². The molecule has 1 N–H and O–H groups in total. The molecule has 0 radical (unpaired) electrons. The van der Waals surface area contributed by atoms with Crippen molar-refractivity contribution in [1.29, 1.82) is 0 Å². The van der Waals surface area contributed by atoms with Crippen LogP contribution < -0.4 is 10.1 Å². The Morgan fingerprint density at radius 2 is 1.93 bits per heavy atom. The Morgan fingerprint density at radius 3 is 2.52 bits per heavy atom. The molecule has 7 heteroatoms. The third-order valence-corrected chi connectivity index (χ3v) is 5.95. The molecule has 2 saturated heterocycles. The monoisotopic (exact) mass is 404 g/mol. The number of hydrogen-bond acceptors (Lipinski definition) is 5. The topological polar surface area (TPSA) is 77.1 Å². The number of hydrogen-bond donors (Lipinski definition) is 1. The Morgan fingerprint density at radius 1 is 1.21 bits per heavy atom. The molecule has 2 fully saturated rings. The molecular formula is C22H32N2O5. The number of likely N-dealkylation sites (tertiary alicyclic amines) is 1. The summed E-state index contributed by atoms with van der Waals surface area (Å²) in [5.41, 5.74) is 0.156. The number of carbonyl (C=O) groups is 2. The normalized spacial score (nSPS) is 21.3. The number of nitrogens with zero attached hydrogens (tertiary/aromatic N) is 1. The zero-order valence-corrected chi connectivity index (χ0v) is 17.4. The van der Waals surface area contributed by atoms with E-state index in [9.17, 15) is 9.59 Å². The molecule has 0 unspecified atom stereocenters. The van der Waals surface area contributed by atoms with Gasteiger partial charge in [0, 0.05) is 25.4 Å². The van der Waals surface area contributed by atoms with E-state index in [1.807, 2.05) is 31.2 Å². The molecule has 0 bridgehead atoms. The maximum absolute atomic E-state index is 12.8. The van der Waals surface area contributed by atoms with E-state index in [1.165, 1.54) is 0 Å². The second-order valence-corrected chi connectivity index (χ2v) is 7.84. The lowest BCUT2D eigenvalue weighted by Crippen LogP contribution is -2.49. The fraction of sp³-hybridized carbons (Fsp3) is 0.636. The van der Waals surface area contributed by atoms with Gasteiger partial charge in [0.15, 0.2) is 0 Å². The van der Waals surface area contributed by atoms with Gasteiger partial charge in [-0.2, -0.15) is 0 Å². The van der Waals surface area contributed by atoms with Crippen LogP contribution in [-0.2, 0) is 14.3 Å². The van der Waals surface area contributed by atoms with Gasteiger partial charge in [0.05, 0.1) is 25.2 Å². The molecule has 160 valence electrons. The summed E-state index contributed by atoms with van der Waals surface area (Å²) in [5, 5.41) is 2.92. The molecule has 7 nitrogen and oxygen atoms in total. The fourth-order valence-electron chi connectivity index (χ4n) is 4.19. The highest BCUT2D eigenvalue weighted by molar-refractivity contribution is 5.89. The lowest BCUT2D eigenvalue weighted by Gasteiger charge is -2.42. The number of benzene rings is 1. The van der Waals surface area contributed by atoms with E-state index in [4.69, 9.17) is 14.2 Å². The van der Waals surface area contributed by atoms with Crippen LogP contribution in [0.3, 0.4) is 0 Å². The number of ether oxygens (including phenoxy) is 3. The van der Waals surface area contributed by atoms with E-state index in [0.717, 1.165) is 31.6 Å². The Bertz CT molecular complexity index is 677. The van der Waals surface area contributed by atoms with Gasteiger partial charge in [-0.05, 0) is 69.7 Å². The first-order valence-electron chi connectivity index (χ1n) is 10.5. The number of methoxy groups -OCH3 is 1. The molecule has 0 spiro atoms. The van der Waals surface area contributed by atoms with Gasteiger partial charge in [0.1, 0.15) is 5.75 Å². The van der Waals surface area contributed by atoms with Crippen molar-refractivity contribution < 1.29 is 23.8 Å². The largest absolute Gasteiger partial charge is 0.497 e. The summed E-state index contributed by atoms with van der Waals surface area (Å²) >= 11 is 0. The molecule has 1 aromatic rings. The Kier molecular flexibility index (Phi) is 7.36. The Hall–Kier alpha value is -2.28. The Balaban J connectivity index is 1.60. The highest BCUT2D eigenvalue weighted by Crippen LogP contribution is 2.40. The molecular weight excluding hydrogens is 372 g/mol. The van der Waals surface area contributed by atoms with Gasteiger partial charge in [-0.3, -0.25) is 4.79 Å². The predicted molar refractivity (Wildman–Crippen MR) is 110 cm³/mol. The molecule has 29 heavy (non-hydrogen) atoms. The third-order valence-electron chi connectivity index (χ3n) is 5.95. The molecule has 3 rings (SSSR count). The quantitative estimate of drug-likeness (QED) is 0.729. The molecule has 2 amide bonds. The number of carbonyl (C=O) groups excluding carboxylic acids is 2. The van der Waals surface area contributed by atoms with E-state index >= 15 is 0 Å². The molecule has 0 aliphatic carbocycles. The van der Waals surface area contributed by atoms with Gasteiger partial charge in [0.25, 0.3) is 0 Å². The summed E-state index contributed by atoms with van der Waals surface area (Å²) in [6.07, 6.45) is 5.20. The van der Waals surface area contributed by atoms with Crippen molar-refractivity contribution in [2.24, 2.45) is 5.41 Å². The zero-order chi connectivity index (χ0) is 20.7. The average molecular weight is 405 g/mol. The maximum Gasteiger partial charge on any atom is 0.321 e. The van der Waals surface area contributed by atoms with Crippen molar-refractivity contribution in [3.05, 3.63) is 24.3 Å². The van der Waals surface area contributed by atoms with Crippen LogP contribution in [0, 0.1) is 5.41 Å². The van der Waals surface area contributed by atoms with Crippen LogP contribution in [0.15, 0.2) is 24.3 Å². The maximum atomic E-state index is 12.8. The van der Waals surface area contributed by atoms with Crippen LogP contribution in [-0.4, -0.2) is 56.4 Å². The number of rotatable bonds is 6. The molecule has 2 heterocycles. The number of piperidine rings is 1. The van der Waals surface area contributed by atoms with Crippen molar-refractivity contribution in [2.75, 3.05) is 38.7 Å². The minimum atomic E-state index is -0.561. The van der Waals surface area contributed by atoms with Crippen LogP contribution in [0.1, 0.15) is 45.4 Å². The molecule has 1 aromatic carbocycles. The summed E-state index contributed by atoms with van der Waals surface area (Å²) in [6.45, 7) is 4.01. The average Bonchev–Trinajstić information content (AvgIpc) is 2.75. The van der Waals surface area contributed by atoms with Crippen LogP contribution in [0.4, 0.5) is 10.5 Å². The number of nitrogens with one attached hydrogen (secondary N) is 1. The number of anilines is 1. The first-order valence-corrected chi connectivity index (χ1v) is 10.5. The lowest BCUT2D eigenvalue weighted by molar-refractivity contribution is -0.162. The fourth-order valence-corrected chi connectivity index (χ4v) is 4.19. The minimum absolute atomic E-state index is 0.104. The predicted octanol–water partition coefficient (Wildman–Crippen LogP) is 3.83. The number of amides is 2. The smallest absolute Gasteiger partial charge is 0.321 e. The van der Waals surface area contributed by atoms with Gasteiger partial charge in [-0.15, -0.1) is 0 Å². The van der Waals surface area contributed by atoms with Gasteiger partial charge in [-0.1, -0.05) is 0 Å². The van der Waals surface area contributed by atoms with Crippen LogP contribution in [0.25, 0.3) is 0 Å². The van der Waals surface area contributed by atoms with E-state index in [0.29, 0.717) is 44.6 Å². The van der Waals surface area contributed by atoms with E-state index in [1.54, 1.807) is 12.0 Å². The molecule has 2 aliphatic rings.